The Kier molecular flexibility index (Phi) is 3.44. The second kappa shape index (κ2) is 4.83. The van der Waals surface area contributed by atoms with Crippen LogP contribution in [0.3, 0.4) is 0 Å². The molecule has 1 aliphatic rings. The molecule has 3 heteroatoms. The van der Waals surface area contributed by atoms with Gasteiger partial charge in [-0.2, -0.15) is 0 Å². The van der Waals surface area contributed by atoms with Crippen molar-refractivity contribution in [1.82, 2.24) is 4.98 Å². The molecule has 0 aromatic carbocycles. The Balaban J connectivity index is 1.85. The van der Waals surface area contributed by atoms with Gasteiger partial charge >= 0.3 is 0 Å². The molecule has 0 amide bonds. The maximum Gasteiger partial charge on any atom is 0.0819 e. The van der Waals surface area contributed by atoms with Crippen molar-refractivity contribution in [2.24, 2.45) is 5.92 Å². The summed E-state index contributed by atoms with van der Waals surface area (Å²) in [6.07, 6.45) is 7.60. The molecule has 1 aromatic heterocycles. The Morgan fingerprint density at radius 2 is 2.00 bits per heavy atom. The zero-order valence-electron chi connectivity index (χ0n) is 9.82. The fraction of sp³-hybridized carbons (Fsp3) is 0.615. The first kappa shape index (κ1) is 11.4. The summed E-state index contributed by atoms with van der Waals surface area (Å²) >= 11 is 0. The summed E-state index contributed by atoms with van der Waals surface area (Å²) in [6, 6.07) is 3.85. The summed E-state index contributed by atoms with van der Waals surface area (Å²) in [7, 11) is 0. The van der Waals surface area contributed by atoms with Crippen LogP contribution in [0, 0.1) is 5.92 Å². The number of pyridine rings is 1. The normalized spacial score (nSPS) is 30.0. The molecule has 2 N–H and O–H groups in total. The van der Waals surface area contributed by atoms with Gasteiger partial charge in [0.25, 0.3) is 0 Å². The van der Waals surface area contributed by atoms with Gasteiger partial charge < -0.3 is 10.4 Å². The molecule has 1 saturated carbocycles. The molecule has 3 nitrogen and oxygen atoms in total. The Hall–Kier alpha value is -1.09. The van der Waals surface area contributed by atoms with E-state index in [2.05, 4.69) is 17.2 Å². The predicted octanol–water partition coefficient (Wildman–Crippen LogP) is 2.43. The van der Waals surface area contributed by atoms with Crippen molar-refractivity contribution in [3.05, 3.63) is 24.5 Å². The van der Waals surface area contributed by atoms with Crippen LogP contribution in [0.5, 0.6) is 0 Å². The number of nitrogens with zero attached hydrogens (tertiary/aromatic N) is 1. The van der Waals surface area contributed by atoms with Gasteiger partial charge in [-0.25, -0.2) is 0 Å². The Morgan fingerprint density at radius 1 is 1.38 bits per heavy atom. The number of hydrogen-bond donors (Lipinski definition) is 2. The standard InChI is InChI=1S/C13H20N2O/c1-11-2-6-13(16,7-3-11)10-15-12-4-8-14-9-5-12/h4-5,8-9,11,16H,2-3,6-7,10H2,1H3,(H,14,15). The highest BCUT2D eigenvalue weighted by Gasteiger charge is 2.31. The molecule has 0 radical (unpaired) electrons. The van der Waals surface area contributed by atoms with E-state index in [-0.39, 0.29) is 0 Å². The quantitative estimate of drug-likeness (QED) is 0.822. The number of hydrogen-bond acceptors (Lipinski definition) is 3. The van der Waals surface area contributed by atoms with E-state index in [9.17, 15) is 5.11 Å². The largest absolute Gasteiger partial charge is 0.388 e. The van der Waals surface area contributed by atoms with Crippen molar-refractivity contribution < 1.29 is 5.11 Å². The molecule has 1 aromatic rings. The van der Waals surface area contributed by atoms with E-state index < -0.39 is 5.60 Å². The average molecular weight is 220 g/mol. The maximum absolute atomic E-state index is 10.4. The van der Waals surface area contributed by atoms with Crippen LogP contribution >= 0.6 is 0 Å². The van der Waals surface area contributed by atoms with Crippen LogP contribution < -0.4 is 5.32 Å². The van der Waals surface area contributed by atoms with Crippen molar-refractivity contribution in [2.45, 2.75) is 38.2 Å². The second-order valence-corrected chi connectivity index (χ2v) is 5.00. The van der Waals surface area contributed by atoms with Crippen molar-refractivity contribution in [1.29, 1.82) is 0 Å². The molecule has 88 valence electrons. The van der Waals surface area contributed by atoms with Gasteiger partial charge in [0.1, 0.15) is 0 Å². The minimum absolute atomic E-state index is 0.518. The van der Waals surface area contributed by atoms with E-state index in [4.69, 9.17) is 0 Å². The van der Waals surface area contributed by atoms with Crippen molar-refractivity contribution in [3.8, 4) is 0 Å². The summed E-state index contributed by atoms with van der Waals surface area (Å²) < 4.78 is 0. The van der Waals surface area contributed by atoms with E-state index in [1.165, 1.54) is 0 Å². The molecule has 0 aliphatic heterocycles. The van der Waals surface area contributed by atoms with Gasteiger partial charge in [-0.1, -0.05) is 6.92 Å². The van der Waals surface area contributed by atoms with Crippen LogP contribution in [0.15, 0.2) is 24.5 Å². The molecule has 0 bridgehead atoms. The lowest BCUT2D eigenvalue weighted by Crippen LogP contribution is -2.40. The lowest BCUT2D eigenvalue weighted by Gasteiger charge is -2.35. The summed E-state index contributed by atoms with van der Waals surface area (Å²) in [5, 5.41) is 13.7. The Morgan fingerprint density at radius 3 is 2.62 bits per heavy atom. The van der Waals surface area contributed by atoms with Gasteiger partial charge in [0.2, 0.25) is 0 Å². The minimum Gasteiger partial charge on any atom is -0.388 e. The van der Waals surface area contributed by atoms with Gasteiger partial charge in [0.05, 0.1) is 5.60 Å². The highest BCUT2D eigenvalue weighted by atomic mass is 16.3. The first-order chi connectivity index (χ1) is 7.68. The molecule has 0 spiro atoms. The van der Waals surface area contributed by atoms with Crippen LogP contribution in [0.4, 0.5) is 5.69 Å². The highest BCUT2D eigenvalue weighted by molar-refractivity contribution is 5.41. The average Bonchev–Trinajstić information content (AvgIpc) is 2.33. The summed E-state index contributed by atoms with van der Waals surface area (Å²) in [4.78, 5) is 3.96. The molecule has 1 heterocycles. The van der Waals surface area contributed by atoms with Crippen molar-refractivity contribution in [3.63, 3.8) is 0 Å². The molecule has 1 fully saturated rings. The van der Waals surface area contributed by atoms with Gasteiger partial charge in [0.15, 0.2) is 0 Å². The van der Waals surface area contributed by atoms with Gasteiger partial charge in [-0.05, 0) is 43.7 Å². The highest BCUT2D eigenvalue weighted by Crippen LogP contribution is 2.31. The summed E-state index contributed by atoms with van der Waals surface area (Å²) in [5.41, 5.74) is 0.512. The molecule has 0 atom stereocenters. The lowest BCUT2D eigenvalue weighted by molar-refractivity contribution is 0.00501. The van der Waals surface area contributed by atoms with Crippen LogP contribution in [0.1, 0.15) is 32.6 Å². The number of nitrogens with one attached hydrogen (secondary N) is 1. The van der Waals surface area contributed by atoms with Crippen LogP contribution in [0.2, 0.25) is 0 Å². The lowest BCUT2D eigenvalue weighted by atomic mass is 9.79. The molecule has 2 rings (SSSR count). The number of rotatable bonds is 3. The van der Waals surface area contributed by atoms with Crippen molar-refractivity contribution in [2.75, 3.05) is 11.9 Å². The molecule has 16 heavy (non-hydrogen) atoms. The molecular formula is C13H20N2O. The number of aromatic nitrogens is 1. The molecule has 1 aliphatic carbocycles. The van der Waals surface area contributed by atoms with Crippen molar-refractivity contribution >= 4 is 5.69 Å². The van der Waals surface area contributed by atoms with E-state index >= 15 is 0 Å². The zero-order chi connectivity index (χ0) is 11.4. The fourth-order valence-corrected chi connectivity index (χ4v) is 2.21. The third-order valence-corrected chi connectivity index (χ3v) is 3.51. The first-order valence-corrected chi connectivity index (χ1v) is 6.04. The second-order valence-electron chi connectivity index (χ2n) is 5.00. The monoisotopic (exact) mass is 220 g/mol. The molecular weight excluding hydrogens is 200 g/mol. The van der Waals surface area contributed by atoms with Crippen LogP contribution in [0.25, 0.3) is 0 Å². The molecule has 0 unspecified atom stereocenters. The zero-order valence-corrected chi connectivity index (χ0v) is 9.82. The maximum atomic E-state index is 10.4. The topological polar surface area (TPSA) is 45.1 Å². The van der Waals surface area contributed by atoms with Gasteiger partial charge in [-0.3, -0.25) is 4.98 Å². The smallest absolute Gasteiger partial charge is 0.0819 e. The predicted molar refractivity (Wildman–Crippen MR) is 65.3 cm³/mol. The number of aliphatic hydroxyl groups is 1. The van der Waals surface area contributed by atoms with Crippen LogP contribution in [-0.4, -0.2) is 22.2 Å². The third-order valence-electron chi connectivity index (χ3n) is 3.51. The van der Waals surface area contributed by atoms with E-state index in [1.807, 2.05) is 12.1 Å². The Bertz CT molecular complexity index is 318. The number of anilines is 1. The van der Waals surface area contributed by atoms with E-state index in [0.717, 1.165) is 37.3 Å². The first-order valence-electron chi connectivity index (χ1n) is 6.04. The summed E-state index contributed by atoms with van der Waals surface area (Å²) in [6.45, 7) is 2.90. The van der Waals surface area contributed by atoms with E-state index in [0.29, 0.717) is 6.54 Å². The minimum atomic E-state index is -0.518. The molecule has 0 saturated heterocycles. The third kappa shape index (κ3) is 2.95. The SMILES string of the molecule is CC1CCC(O)(CNc2ccncc2)CC1. The van der Waals surface area contributed by atoms with Crippen LogP contribution in [-0.2, 0) is 0 Å². The fourth-order valence-electron chi connectivity index (χ4n) is 2.21. The summed E-state index contributed by atoms with van der Waals surface area (Å²) in [5.74, 6) is 0.765. The van der Waals surface area contributed by atoms with E-state index in [1.54, 1.807) is 12.4 Å². The van der Waals surface area contributed by atoms with Gasteiger partial charge in [-0.15, -0.1) is 0 Å². The van der Waals surface area contributed by atoms with Gasteiger partial charge in [0, 0.05) is 24.6 Å². The Labute approximate surface area is 96.9 Å².